The quantitative estimate of drug-likeness (QED) is 0.475. The number of aliphatic imine (C=N–C) groups is 1. The van der Waals surface area contributed by atoms with Gasteiger partial charge in [0.1, 0.15) is 5.82 Å². The molecule has 2 N–H and O–H groups in total. The minimum absolute atomic E-state index is 0.249. The molecule has 2 aromatic heterocycles. The zero-order chi connectivity index (χ0) is 18.9. The Labute approximate surface area is 158 Å². The van der Waals surface area contributed by atoms with Gasteiger partial charge in [0, 0.05) is 51.2 Å². The van der Waals surface area contributed by atoms with Crippen LogP contribution in [0.15, 0.2) is 66.0 Å². The van der Waals surface area contributed by atoms with E-state index in [1.165, 1.54) is 12.1 Å². The summed E-state index contributed by atoms with van der Waals surface area (Å²) >= 11 is 0. The fourth-order valence-electron chi connectivity index (χ4n) is 2.68. The van der Waals surface area contributed by atoms with Crippen molar-refractivity contribution in [2.75, 3.05) is 19.6 Å². The molecule has 0 amide bonds. The first-order valence-electron chi connectivity index (χ1n) is 9.18. The van der Waals surface area contributed by atoms with E-state index in [1.54, 1.807) is 16.8 Å². The highest BCUT2D eigenvalue weighted by Crippen LogP contribution is 2.09. The topological polar surface area (TPSA) is 59.2 Å². The van der Waals surface area contributed by atoms with Gasteiger partial charge in [-0.3, -0.25) is 4.99 Å². The lowest BCUT2D eigenvalue weighted by Gasteiger charge is -2.11. The number of benzene rings is 1. The molecule has 2 heterocycles. The van der Waals surface area contributed by atoms with Gasteiger partial charge in [0.2, 0.25) is 0 Å². The Morgan fingerprint density at radius 3 is 2.59 bits per heavy atom. The Kier molecular flexibility index (Phi) is 6.62. The summed E-state index contributed by atoms with van der Waals surface area (Å²) in [7, 11) is 0. The van der Waals surface area contributed by atoms with Crippen molar-refractivity contribution in [1.29, 1.82) is 0 Å². The summed E-state index contributed by atoms with van der Waals surface area (Å²) in [5.74, 6) is 0.559. The van der Waals surface area contributed by atoms with Crippen LogP contribution < -0.4 is 10.6 Å². The third-order valence-electron chi connectivity index (χ3n) is 4.05. The second-order valence-corrected chi connectivity index (χ2v) is 6.09. The van der Waals surface area contributed by atoms with E-state index in [0.29, 0.717) is 6.54 Å². The molecular weight excluding hydrogens is 343 g/mol. The number of guanidine groups is 1. The first-order chi connectivity index (χ1) is 13.2. The average Bonchev–Trinajstić information content (AvgIpc) is 3.34. The number of rotatable bonds is 8. The van der Waals surface area contributed by atoms with Crippen LogP contribution in [0, 0.1) is 5.82 Å². The molecule has 0 aliphatic heterocycles. The summed E-state index contributed by atoms with van der Waals surface area (Å²) < 4.78 is 16.9. The molecule has 7 heteroatoms. The first kappa shape index (κ1) is 18.7. The van der Waals surface area contributed by atoms with Crippen LogP contribution in [0.3, 0.4) is 0 Å². The van der Waals surface area contributed by atoms with Crippen LogP contribution in [0.25, 0.3) is 5.69 Å². The van der Waals surface area contributed by atoms with E-state index in [1.807, 2.05) is 43.7 Å². The van der Waals surface area contributed by atoms with Crippen LogP contribution in [0.2, 0.25) is 0 Å². The summed E-state index contributed by atoms with van der Waals surface area (Å²) in [5.41, 5.74) is 1.79. The van der Waals surface area contributed by atoms with Crippen molar-refractivity contribution in [3.8, 4) is 5.69 Å². The van der Waals surface area contributed by atoms with Gasteiger partial charge in [-0.15, -0.1) is 0 Å². The van der Waals surface area contributed by atoms with E-state index in [0.717, 1.165) is 43.4 Å². The minimum Gasteiger partial charge on any atom is -0.357 e. The van der Waals surface area contributed by atoms with Crippen molar-refractivity contribution in [2.24, 2.45) is 4.99 Å². The monoisotopic (exact) mass is 368 g/mol. The van der Waals surface area contributed by atoms with Crippen molar-refractivity contribution in [3.05, 3.63) is 72.6 Å². The summed E-state index contributed by atoms with van der Waals surface area (Å²) in [6.45, 7) is 5.19. The number of halogens is 1. The fourth-order valence-corrected chi connectivity index (χ4v) is 2.68. The molecular formula is C20H25FN6. The van der Waals surface area contributed by atoms with Crippen molar-refractivity contribution >= 4 is 5.96 Å². The SMILES string of the molecule is CCNC(=NCCc1ccn(-c2ccc(F)cc2)n1)NCCn1cccc1. The van der Waals surface area contributed by atoms with Gasteiger partial charge < -0.3 is 15.2 Å². The standard InChI is InChI=1S/C20H25FN6/c1-2-22-20(24-12-16-26-13-3-4-14-26)23-11-9-18-10-15-27(25-18)19-7-5-17(21)6-8-19/h3-8,10,13-15H,2,9,11-12,16H2,1H3,(H2,22,23,24). The molecule has 3 aromatic rings. The second-order valence-electron chi connectivity index (χ2n) is 6.09. The molecule has 0 unspecified atom stereocenters. The molecule has 0 saturated carbocycles. The summed E-state index contributed by atoms with van der Waals surface area (Å²) in [6.07, 6.45) is 6.71. The zero-order valence-electron chi connectivity index (χ0n) is 15.5. The molecule has 6 nitrogen and oxygen atoms in total. The third-order valence-corrected chi connectivity index (χ3v) is 4.05. The Morgan fingerprint density at radius 2 is 1.85 bits per heavy atom. The Bertz CT molecular complexity index is 836. The van der Waals surface area contributed by atoms with Gasteiger partial charge >= 0.3 is 0 Å². The predicted molar refractivity (Wildman–Crippen MR) is 106 cm³/mol. The van der Waals surface area contributed by atoms with Gasteiger partial charge in [-0.25, -0.2) is 9.07 Å². The molecule has 0 saturated heterocycles. The first-order valence-corrected chi connectivity index (χ1v) is 9.18. The van der Waals surface area contributed by atoms with Gasteiger partial charge in [-0.05, 0) is 49.4 Å². The highest BCUT2D eigenvalue weighted by atomic mass is 19.1. The maximum Gasteiger partial charge on any atom is 0.191 e. The molecule has 0 fully saturated rings. The Balaban J connectivity index is 1.50. The second kappa shape index (κ2) is 9.56. The Morgan fingerprint density at radius 1 is 1.07 bits per heavy atom. The van der Waals surface area contributed by atoms with Crippen LogP contribution in [0.4, 0.5) is 4.39 Å². The van der Waals surface area contributed by atoms with E-state index in [4.69, 9.17) is 0 Å². The molecule has 0 spiro atoms. The van der Waals surface area contributed by atoms with Crippen LogP contribution in [0.5, 0.6) is 0 Å². The summed E-state index contributed by atoms with van der Waals surface area (Å²) in [6, 6.07) is 12.3. The lowest BCUT2D eigenvalue weighted by molar-refractivity contribution is 0.627. The molecule has 142 valence electrons. The molecule has 0 aliphatic rings. The van der Waals surface area contributed by atoms with E-state index in [2.05, 4.69) is 25.3 Å². The average molecular weight is 368 g/mol. The lowest BCUT2D eigenvalue weighted by atomic mass is 10.3. The molecule has 3 rings (SSSR count). The number of nitrogens with zero attached hydrogens (tertiary/aromatic N) is 4. The Hall–Kier alpha value is -3.09. The smallest absolute Gasteiger partial charge is 0.191 e. The van der Waals surface area contributed by atoms with E-state index >= 15 is 0 Å². The van der Waals surface area contributed by atoms with Gasteiger partial charge in [0.05, 0.1) is 11.4 Å². The summed E-state index contributed by atoms with van der Waals surface area (Å²) in [4.78, 5) is 4.61. The van der Waals surface area contributed by atoms with Gasteiger partial charge in [0.15, 0.2) is 5.96 Å². The van der Waals surface area contributed by atoms with Gasteiger partial charge in [-0.2, -0.15) is 5.10 Å². The van der Waals surface area contributed by atoms with E-state index in [-0.39, 0.29) is 5.82 Å². The summed E-state index contributed by atoms with van der Waals surface area (Å²) in [5, 5.41) is 11.1. The molecule has 0 radical (unpaired) electrons. The number of hydrogen-bond donors (Lipinski definition) is 2. The molecule has 0 aliphatic carbocycles. The third kappa shape index (κ3) is 5.70. The lowest BCUT2D eigenvalue weighted by Crippen LogP contribution is -2.39. The number of hydrogen-bond acceptors (Lipinski definition) is 2. The maximum atomic E-state index is 13.0. The number of aromatic nitrogens is 3. The maximum absolute atomic E-state index is 13.0. The zero-order valence-corrected chi connectivity index (χ0v) is 15.5. The van der Waals surface area contributed by atoms with Crippen molar-refractivity contribution in [1.82, 2.24) is 25.0 Å². The van der Waals surface area contributed by atoms with Crippen molar-refractivity contribution in [2.45, 2.75) is 19.9 Å². The highest BCUT2D eigenvalue weighted by Gasteiger charge is 2.02. The van der Waals surface area contributed by atoms with Gasteiger partial charge in [-0.1, -0.05) is 0 Å². The van der Waals surface area contributed by atoms with Crippen LogP contribution in [0.1, 0.15) is 12.6 Å². The number of nitrogens with one attached hydrogen (secondary N) is 2. The van der Waals surface area contributed by atoms with Crippen LogP contribution in [-0.4, -0.2) is 39.9 Å². The van der Waals surface area contributed by atoms with Crippen molar-refractivity contribution in [3.63, 3.8) is 0 Å². The molecule has 0 atom stereocenters. The van der Waals surface area contributed by atoms with Gasteiger partial charge in [0.25, 0.3) is 0 Å². The van der Waals surface area contributed by atoms with E-state index < -0.39 is 0 Å². The minimum atomic E-state index is -0.249. The molecule has 1 aromatic carbocycles. The van der Waals surface area contributed by atoms with Crippen LogP contribution in [-0.2, 0) is 13.0 Å². The molecule has 0 bridgehead atoms. The molecule has 27 heavy (non-hydrogen) atoms. The van der Waals surface area contributed by atoms with E-state index in [9.17, 15) is 4.39 Å². The van der Waals surface area contributed by atoms with Crippen LogP contribution >= 0.6 is 0 Å². The normalized spacial score (nSPS) is 11.6. The predicted octanol–water partition coefficient (Wildman–Crippen LogP) is 2.61. The van der Waals surface area contributed by atoms with Crippen molar-refractivity contribution < 1.29 is 4.39 Å². The largest absolute Gasteiger partial charge is 0.357 e. The fraction of sp³-hybridized carbons (Fsp3) is 0.300. The highest BCUT2D eigenvalue weighted by molar-refractivity contribution is 5.79.